The Morgan fingerprint density at radius 1 is 1.21 bits per heavy atom. The number of benzene rings is 2. The summed E-state index contributed by atoms with van der Waals surface area (Å²) in [5.41, 5.74) is 1.09. The average Bonchev–Trinajstić information content (AvgIpc) is 2.74. The SMILES string of the molecule is CN(CCOc1cccc(Cl)c1)C(=O)NC(CN1CCOCC1)c1ccccc1. The minimum Gasteiger partial charge on any atom is -0.492 e. The molecule has 1 heterocycles. The summed E-state index contributed by atoms with van der Waals surface area (Å²) in [7, 11) is 1.77. The predicted molar refractivity (Wildman–Crippen MR) is 115 cm³/mol. The van der Waals surface area contributed by atoms with Gasteiger partial charge in [-0.1, -0.05) is 48.0 Å². The fourth-order valence-corrected chi connectivity index (χ4v) is 3.36. The molecule has 6 nitrogen and oxygen atoms in total. The second-order valence-corrected chi connectivity index (χ2v) is 7.49. The number of hydrogen-bond acceptors (Lipinski definition) is 4. The number of nitrogens with zero attached hydrogens (tertiary/aromatic N) is 2. The Bertz CT molecular complexity index is 769. The van der Waals surface area contributed by atoms with Crippen LogP contribution in [0.4, 0.5) is 4.79 Å². The summed E-state index contributed by atoms with van der Waals surface area (Å²) < 4.78 is 11.1. The summed E-state index contributed by atoms with van der Waals surface area (Å²) in [6, 6.07) is 17.1. The number of carbonyl (C=O) groups is 1. The molecule has 7 heteroatoms. The van der Waals surface area contributed by atoms with Gasteiger partial charge in [0.1, 0.15) is 12.4 Å². The van der Waals surface area contributed by atoms with E-state index < -0.39 is 0 Å². The van der Waals surface area contributed by atoms with E-state index >= 15 is 0 Å². The molecule has 1 N–H and O–H groups in total. The van der Waals surface area contributed by atoms with Gasteiger partial charge in [-0.05, 0) is 23.8 Å². The molecule has 156 valence electrons. The number of carbonyl (C=O) groups excluding carboxylic acids is 1. The second kappa shape index (κ2) is 11.0. The number of urea groups is 1. The zero-order valence-electron chi connectivity index (χ0n) is 16.7. The topological polar surface area (TPSA) is 54.0 Å². The highest BCUT2D eigenvalue weighted by Crippen LogP contribution is 2.17. The Morgan fingerprint density at radius 2 is 1.97 bits per heavy atom. The van der Waals surface area contributed by atoms with Gasteiger partial charge in [0.2, 0.25) is 0 Å². The zero-order valence-corrected chi connectivity index (χ0v) is 17.5. The van der Waals surface area contributed by atoms with Gasteiger partial charge < -0.3 is 19.7 Å². The first-order valence-electron chi connectivity index (χ1n) is 9.87. The number of ether oxygens (including phenoxy) is 2. The third-order valence-electron chi connectivity index (χ3n) is 4.88. The number of morpholine rings is 1. The van der Waals surface area contributed by atoms with Crippen molar-refractivity contribution in [2.75, 3.05) is 53.0 Å². The Morgan fingerprint density at radius 3 is 2.69 bits per heavy atom. The van der Waals surface area contributed by atoms with Crippen molar-refractivity contribution in [2.45, 2.75) is 6.04 Å². The normalized spacial score (nSPS) is 15.5. The van der Waals surface area contributed by atoms with Crippen LogP contribution in [0.1, 0.15) is 11.6 Å². The predicted octanol–water partition coefficient (Wildman–Crippen LogP) is 3.43. The van der Waals surface area contributed by atoms with Crippen molar-refractivity contribution in [3.05, 3.63) is 65.2 Å². The molecule has 2 aromatic rings. The molecular formula is C22H28ClN3O3. The first-order valence-corrected chi connectivity index (χ1v) is 10.2. The zero-order chi connectivity index (χ0) is 20.5. The lowest BCUT2D eigenvalue weighted by molar-refractivity contribution is 0.0337. The molecule has 2 aromatic carbocycles. The molecule has 29 heavy (non-hydrogen) atoms. The van der Waals surface area contributed by atoms with Crippen molar-refractivity contribution >= 4 is 17.6 Å². The molecule has 0 aromatic heterocycles. The summed E-state index contributed by atoms with van der Waals surface area (Å²) >= 11 is 5.97. The fourth-order valence-electron chi connectivity index (χ4n) is 3.18. The largest absolute Gasteiger partial charge is 0.492 e. The quantitative estimate of drug-likeness (QED) is 0.715. The van der Waals surface area contributed by atoms with Gasteiger partial charge in [0.05, 0.1) is 25.8 Å². The summed E-state index contributed by atoms with van der Waals surface area (Å²) in [6.07, 6.45) is 0. The number of nitrogens with one attached hydrogen (secondary N) is 1. The second-order valence-electron chi connectivity index (χ2n) is 7.05. The highest BCUT2D eigenvalue weighted by atomic mass is 35.5. The van der Waals surface area contributed by atoms with Gasteiger partial charge in [-0.3, -0.25) is 4.90 Å². The maximum atomic E-state index is 12.8. The van der Waals surface area contributed by atoms with Crippen LogP contribution in [-0.2, 0) is 4.74 Å². The van der Waals surface area contributed by atoms with Crippen molar-refractivity contribution in [2.24, 2.45) is 0 Å². The lowest BCUT2D eigenvalue weighted by atomic mass is 10.1. The van der Waals surface area contributed by atoms with E-state index in [4.69, 9.17) is 21.1 Å². The van der Waals surface area contributed by atoms with Crippen LogP contribution in [0.5, 0.6) is 5.75 Å². The standard InChI is InChI=1S/C22H28ClN3O3/c1-25(10-15-29-20-9-5-8-19(23)16-20)22(27)24-21(18-6-3-2-4-7-18)17-26-11-13-28-14-12-26/h2-9,16,21H,10-15,17H2,1H3,(H,24,27). The highest BCUT2D eigenvalue weighted by molar-refractivity contribution is 6.30. The minimum atomic E-state index is -0.123. The molecule has 0 saturated carbocycles. The van der Waals surface area contributed by atoms with E-state index in [1.54, 1.807) is 24.1 Å². The Labute approximate surface area is 177 Å². The van der Waals surface area contributed by atoms with Gasteiger partial charge in [-0.25, -0.2) is 4.79 Å². The lowest BCUT2D eigenvalue weighted by Gasteiger charge is -2.32. The van der Waals surface area contributed by atoms with E-state index in [1.807, 2.05) is 42.5 Å². The summed E-state index contributed by atoms with van der Waals surface area (Å²) in [4.78, 5) is 16.7. The van der Waals surface area contributed by atoms with E-state index in [-0.39, 0.29) is 12.1 Å². The van der Waals surface area contributed by atoms with E-state index in [1.165, 1.54) is 0 Å². The van der Waals surface area contributed by atoms with Gasteiger partial charge in [-0.2, -0.15) is 0 Å². The Kier molecular flexibility index (Phi) is 8.16. The Balaban J connectivity index is 1.53. The summed E-state index contributed by atoms with van der Waals surface area (Å²) in [5, 5.41) is 3.79. The van der Waals surface area contributed by atoms with Crippen LogP contribution >= 0.6 is 11.6 Å². The first kappa shape index (κ1) is 21.4. The smallest absolute Gasteiger partial charge is 0.317 e. The van der Waals surface area contributed by atoms with Crippen LogP contribution in [0.25, 0.3) is 0 Å². The van der Waals surface area contributed by atoms with Crippen LogP contribution in [0.3, 0.4) is 0 Å². The molecule has 1 saturated heterocycles. The average molecular weight is 418 g/mol. The van der Waals surface area contributed by atoms with Gasteiger partial charge in [-0.15, -0.1) is 0 Å². The van der Waals surface area contributed by atoms with E-state index in [0.29, 0.717) is 23.9 Å². The number of halogens is 1. The molecule has 1 aliphatic heterocycles. The van der Waals surface area contributed by atoms with Crippen molar-refractivity contribution in [1.29, 1.82) is 0 Å². The molecular weight excluding hydrogens is 390 g/mol. The maximum absolute atomic E-state index is 12.8. The van der Waals surface area contributed by atoms with Crippen LogP contribution in [0.15, 0.2) is 54.6 Å². The summed E-state index contributed by atoms with van der Waals surface area (Å²) in [5.74, 6) is 0.695. The molecule has 1 fully saturated rings. The highest BCUT2D eigenvalue weighted by Gasteiger charge is 2.21. The molecule has 3 rings (SSSR count). The molecule has 0 radical (unpaired) electrons. The number of amides is 2. The van der Waals surface area contributed by atoms with Gasteiger partial charge in [0, 0.05) is 31.7 Å². The van der Waals surface area contributed by atoms with E-state index in [2.05, 4.69) is 10.2 Å². The van der Waals surface area contributed by atoms with Gasteiger partial charge in [0.25, 0.3) is 0 Å². The number of rotatable bonds is 8. The molecule has 0 aliphatic carbocycles. The van der Waals surface area contributed by atoms with Gasteiger partial charge >= 0.3 is 6.03 Å². The molecule has 0 spiro atoms. The maximum Gasteiger partial charge on any atom is 0.317 e. The van der Waals surface area contributed by atoms with Crippen molar-refractivity contribution in [3.8, 4) is 5.75 Å². The molecule has 1 unspecified atom stereocenters. The third kappa shape index (κ3) is 6.92. The number of likely N-dealkylation sites (N-methyl/N-ethyl adjacent to an activating group) is 1. The molecule has 2 amide bonds. The van der Waals surface area contributed by atoms with Crippen molar-refractivity contribution < 1.29 is 14.3 Å². The van der Waals surface area contributed by atoms with Gasteiger partial charge in [0.15, 0.2) is 0 Å². The molecule has 0 bridgehead atoms. The van der Waals surface area contributed by atoms with Crippen molar-refractivity contribution in [1.82, 2.24) is 15.1 Å². The molecule has 1 aliphatic rings. The number of hydrogen-bond donors (Lipinski definition) is 1. The van der Waals surface area contributed by atoms with Crippen molar-refractivity contribution in [3.63, 3.8) is 0 Å². The molecule has 1 atom stereocenters. The van der Waals surface area contributed by atoms with Crippen LogP contribution < -0.4 is 10.1 Å². The van der Waals surface area contributed by atoms with E-state index in [9.17, 15) is 4.79 Å². The van der Waals surface area contributed by atoms with Crippen LogP contribution in [0, 0.1) is 0 Å². The van der Waals surface area contributed by atoms with Crippen LogP contribution in [0.2, 0.25) is 5.02 Å². The lowest BCUT2D eigenvalue weighted by Crippen LogP contribution is -2.46. The van der Waals surface area contributed by atoms with Crippen LogP contribution in [-0.4, -0.2) is 68.9 Å². The summed E-state index contributed by atoms with van der Waals surface area (Å²) in [6.45, 7) is 4.84. The fraction of sp³-hybridized carbons (Fsp3) is 0.409. The minimum absolute atomic E-state index is 0.0851. The van der Waals surface area contributed by atoms with E-state index in [0.717, 1.165) is 38.4 Å². The Hall–Kier alpha value is -2.28. The monoisotopic (exact) mass is 417 g/mol. The first-order chi connectivity index (χ1) is 14.1. The third-order valence-corrected chi connectivity index (χ3v) is 5.12.